The molecule has 2 aliphatic heterocycles. The highest BCUT2D eigenvalue weighted by Crippen LogP contribution is 2.43. The number of hydrogen-bond donors (Lipinski definition) is 1. The van der Waals surface area contributed by atoms with Gasteiger partial charge < -0.3 is 14.8 Å². The fraction of sp³-hybridized carbons (Fsp3) is 0.360. The van der Waals surface area contributed by atoms with Crippen molar-refractivity contribution < 1.29 is 14.5 Å². The molecule has 2 amide bonds. The van der Waals surface area contributed by atoms with E-state index in [1.807, 2.05) is 24.3 Å². The van der Waals surface area contributed by atoms with Crippen molar-refractivity contribution in [2.75, 3.05) is 13.1 Å². The van der Waals surface area contributed by atoms with E-state index in [4.69, 9.17) is 0 Å². The lowest BCUT2D eigenvalue weighted by atomic mass is 9.86. The maximum atomic E-state index is 13.5. The molecule has 0 spiro atoms. The number of rotatable bonds is 6. The molecule has 1 saturated heterocycles. The average molecular weight is 447 g/mol. The smallest absolute Gasteiger partial charge is 0.269 e. The summed E-state index contributed by atoms with van der Waals surface area (Å²) in [5.74, 6) is -0.172. The Morgan fingerprint density at radius 3 is 2.73 bits per heavy atom. The van der Waals surface area contributed by atoms with Gasteiger partial charge in [0.25, 0.3) is 5.69 Å². The highest BCUT2D eigenvalue weighted by atomic mass is 16.6. The molecule has 33 heavy (non-hydrogen) atoms. The number of fused-ring (bicyclic) bond motifs is 4. The topological polar surface area (TPSA) is 99.5 Å². The van der Waals surface area contributed by atoms with Gasteiger partial charge in [0.15, 0.2) is 0 Å². The number of nitrogens with one attached hydrogen (secondary N) is 1. The first-order valence-electron chi connectivity index (χ1n) is 11.4. The third-order valence-corrected chi connectivity index (χ3v) is 6.77. The van der Waals surface area contributed by atoms with Gasteiger partial charge in [-0.3, -0.25) is 19.7 Å². The van der Waals surface area contributed by atoms with Crippen LogP contribution in [0.2, 0.25) is 0 Å². The van der Waals surface area contributed by atoms with Crippen molar-refractivity contribution in [2.24, 2.45) is 0 Å². The number of nitro benzene ring substituents is 1. The molecule has 1 aromatic heterocycles. The summed E-state index contributed by atoms with van der Waals surface area (Å²) in [6.45, 7) is 2.72. The number of nitro groups is 1. The van der Waals surface area contributed by atoms with Gasteiger partial charge in [-0.1, -0.05) is 50.1 Å². The maximum absolute atomic E-state index is 13.5. The van der Waals surface area contributed by atoms with Gasteiger partial charge in [-0.25, -0.2) is 0 Å². The Bertz CT molecular complexity index is 1250. The number of amides is 2. The Morgan fingerprint density at radius 2 is 1.94 bits per heavy atom. The van der Waals surface area contributed by atoms with Crippen molar-refractivity contribution in [3.63, 3.8) is 0 Å². The van der Waals surface area contributed by atoms with Gasteiger partial charge in [0.05, 0.1) is 17.5 Å². The predicted octanol–water partition coefficient (Wildman–Crippen LogP) is 3.95. The van der Waals surface area contributed by atoms with Crippen molar-refractivity contribution in [3.8, 4) is 0 Å². The molecular formula is C25H26N4O4. The molecule has 0 radical (unpaired) electrons. The van der Waals surface area contributed by atoms with Crippen molar-refractivity contribution in [1.82, 2.24) is 14.8 Å². The molecule has 8 heteroatoms. The molecule has 0 aliphatic carbocycles. The zero-order valence-electron chi connectivity index (χ0n) is 18.5. The van der Waals surface area contributed by atoms with Crippen LogP contribution < -0.4 is 0 Å². The van der Waals surface area contributed by atoms with Crippen LogP contribution in [0.4, 0.5) is 5.69 Å². The van der Waals surface area contributed by atoms with Gasteiger partial charge in [-0.05, 0) is 23.6 Å². The molecule has 3 heterocycles. The largest absolute Gasteiger partial charge is 0.356 e. The van der Waals surface area contributed by atoms with Crippen LogP contribution in [0.3, 0.4) is 0 Å². The van der Waals surface area contributed by atoms with E-state index in [-0.39, 0.29) is 24.0 Å². The van der Waals surface area contributed by atoms with Gasteiger partial charge in [-0.2, -0.15) is 0 Å². The first-order chi connectivity index (χ1) is 16.0. The Labute approximate surface area is 191 Å². The van der Waals surface area contributed by atoms with Crippen LogP contribution in [0.1, 0.15) is 49.0 Å². The molecule has 8 nitrogen and oxygen atoms in total. The lowest BCUT2D eigenvalue weighted by Crippen LogP contribution is -2.63. The minimum atomic E-state index is -0.621. The Balaban J connectivity index is 1.63. The van der Waals surface area contributed by atoms with E-state index in [0.29, 0.717) is 18.5 Å². The summed E-state index contributed by atoms with van der Waals surface area (Å²) >= 11 is 0. The second-order valence-corrected chi connectivity index (χ2v) is 8.81. The zero-order chi connectivity index (χ0) is 23.1. The molecular weight excluding hydrogens is 420 g/mol. The number of carbonyl (C=O) groups is 2. The number of aromatic amines is 1. The fourth-order valence-corrected chi connectivity index (χ4v) is 5.22. The van der Waals surface area contributed by atoms with Crippen LogP contribution in [0.25, 0.3) is 10.9 Å². The van der Waals surface area contributed by atoms with Crippen LogP contribution in [0.5, 0.6) is 0 Å². The number of para-hydroxylation sites is 1. The summed E-state index contributed by atoms with van der Waals surface area (Å²) in [6, 6.07) is 13.0. The van der Waals surface area contributed by atoms with Crippen LogP contribution in [-0.2, 0) is 16.0 Å². The minimum absolute atomic E-state index is 0.0377. The van der Waals surface area contributed by atoms with Crippen LogP contribution in [0.15, 0.2) is 48.5 Å². The molecule has 2 aliphatic rings. The zero-order valence-corrected chi connectivity index (χ0v) is 18.5. The fourth-order valence-electron chi connectivity index (χ4n) is 5.22. The van der Waals surface area contributed by atoms with E-state index in [1.165, 1.54) is 12.1 Å². The molecule has 2 aromatic carbocycles. The number of unbranched alkanes of at least 4 members (excludes halogenated alkanes) is 2. The number of piperazine rings is 1. The molecule has 1 N–H and O–H groups in total. The molecule has 0 unspecified atom stereocenters. The van der Waals surface area contributed by atoms with E-state index in [2.05, 4.69) is 11.9 Å². The lowest BCUT2D eigenvalue weighted by molar-refractivity contribution is -0.384. The first-order valence-corrected chi connectivity index (χ1v) is 11.4. The van der Waals surface area contributed by atoms with E-state index < -0.39 is 17.0 Å². The second kappa shape index (κ2) is 8.35. The molecule has 0 saturated carbocycles. The number of benzene rings is 2. The lowest BCUT2D eigenvalue weighted by Gasteiger charge is -2.47. The summed E-state index contributed by atoms with van der Waals surface area (Å²) in [5, 5.41) is 12.5. The summed E-state index contributed by atoms with van der Waals surface area (Å²) < 4.78 is 0. The molecule has 2 atom stereocenters. The van der Waals surface area contributed by atoms with Crippen LogP contribution >= 0.6 is 0 Å². The Kier molecular flexibility index (Phi) is 5.36. The van der Waals surface area contributed by atoms with Gasteiger partial charge >= 0.3 is 0 Å². The predicted molar refractivity (Wildman–Crippen MR) is 124 cm³/mol. The summed E-state index contributed by atoms with van der Waals surface area (Å²) in [7, 11) is 0. The summed E-state index contributed by atoms with van der Waals surface area (Å²) in [6.07, 6.45) is 3.35. The van der Waals surface area contributed by atoms with Crippen molar-refractivity contribution in [1.29, 1.82) is 0 Å². The van der Waals surface area contributed by atoms with Crippen LogP contribution in [-0.4, -0.2) is 50.7 Å². The van der Waals surface area contributed by atoms with E-state index in [1.54, 1.807) is 21.9 Å². The minimum Gasteiger partial charge on any atom is -0.356 e. The average Bonchev–Trinajstić information content (AvgIpc) is 3.19. The standard InChI is InChI=1S/C25H26N4O4/c1-2-3-6-12-27-15-22(30)28-21(25(27)31)14-19-18-10-4-5-11-20(18)26-23(19)24(28)16-8-7-9-17(13-16)29(32)33/h4-5,7-11,13,21,24,26H,2-3,6,12,14-15H2,1H3/t21-,24-/m1/s1. The van der Waals surface area contributed by atoms with E-state index >= 15 is 0 Å². The van der Waals surface area contributed by atoms with E-state index in [9.17, 15) is 19.7 Å². The highest BCUT2D eigenvalue weighted by molar-refractivity contribution is 5.97. The van der Waals surface area contributed by atoms with E-state index in [0.717, 1.165) is 41.4 Å². The number of carbonyl (C=O) groups excluding carboxylic acids is 2. The molecule has 1 fully saturated rings. The molecule has 5 rings (SSSR count). The monoisotopic (exact) mass is 446 g/mol. The van der Waals surface area contributed by atoms with Gasteiger partial charge in [0, 0.05) is 41.7 Å². The highest BCUT2D eigenvalue weighted by Gasteiger charge is 2.48. The number of hydrogen-bond acceptors (Lipinski definition) is 4. The molecule has 0 bridgehead atoms. The third-order valence-electron chi connectivity index (χ3n) is 6.77. The number of nitrogens with zero attached hydrogens (tertiary/aromatic N) is 3. The van der Waals surface area contributed by atoms with Gasteiger partial charge in [0.2, 0.25) is 11.8 Å². The Hall–Kier alpha value is -3.68. The number of aromatic nitrogens is 1. The molecule has 170 valence electrons. The summed E-state index contributed by atoms with van der Waals surface area (Å²) in [5.41, 5.74) is 3.34. The van der Waals surface area contributed by atoms with Crippen molar-refractivity contribution in [2.45, 2.75) is 44.7 Å². The van der Waals surface area contributed by atoms with Gasteiger partial charge in [0.1, 0.15) is 6.04 Å². The normalized spacial score (nSPS) is 20.2. The quantitative estimate of drug-likeness (QED) is 0.352. The Morgan fingerprint density at radius 1 is 1.12 bits per heavy atom. The second-order valence-electron chi connectivity index (χ2n) is 8.81. The molecule has 3 aromatic rings. The first kappa shape index (κ1) is 21.2. The van der Waals surface area contributed by atoms with Gasteiger partial charge in [-0.15, -0.1) is 0 Å². The van der Waals surface area contributed by atoms with Crippen LogP contribution in [0, 0.1) is 10.1 Å². The van der Waals surface area contributed by atoms with Crippen molar-refractivity contribution in [3.05, 3.63) is 75.5 Å². The SMILES string of the molecule is CCCCCN1CC(=O)N2[C@H](c3cccc([N+](=O)[O-])c3)c3[nH]c4ccccc4c3C[C@@H]2C1=O. The third kappa shape index (κ3) is 3.55. The number of non-ortho nitro benzene ring substituents is 1. The number of H-pyrrole nitrogens is 1. The van der Waals surface area contributed by atoms with Crippen molar-refractivity contribution >= 4 is 28.4 Å². The summed E-state index contributed by atoms with van der Waals surface area (Å²) in [4.78, 5) is 44.8. The maximum Gasteiger partial charge on any atom is 0.269 e.